The molecular weight excluding hydrogens is 336 g/mol. The third kappa shape index (κ3) is 3.73. The van der Waals surface area contributed by atoms with Gasteiger partial charge >= 0.3 is 0 Å². The molecule has 0 atom stereocenters. The highest BCUT2D eigenvalue weighted by atomic mass is 79.9. The summed E-state index contributed by atoms with van der Waals surface area (Å²) in [6.07, 6.45) is 1.99. The number of rotatable bonds is 5. The van der Waals surface area contributed by atoms with Crippen LogP contribution in [0.1, 0.15) is 11.5 Å². The standard InChI is InChI=1S/C13H12BrF2NOS/c1-19-7-9-3-2-8(18-9)6-17-13-5-11(15)10(14)4-12(13)16/h2-5,17H,6-7H2,1H3. The van der Waals surface area contributed by atoms with Gasteiger partial charge in [-0.25, -0.2) is 8.78 Å². The van der Waals surface area contributed by atoms with Crippen molar-refractivity contribution in [1.82, 2.24) is 0 Å². The molecule has 102 valence electrons. The van der Waals surface area contributed by atoms with Crippen LogP contribution in [0.4, 0.5) is 14.5 Å². The SMILES string of the molecule is CSCc1ccc(CNc2cc(F)c(Br)cc2F)o1. The molecule has 1 aromatic heterocycles. The van der Waals surface area contributed by atoms with Gasteiger partial charge in [-0.3, -0.25) is 0 Å². The summed E-state index contributed by atoms with van der Waals surface area (Å²) in [5.41, 5.74) is 0.114. The fourth-order valence-corrected chi connectivity index (χ4v) is 2.33. The van der Waals surface area contributed by atoms with Crippen LogP contribution < -0.4 is 5.32 Å². The van der Waals surface area contributed by atoms with Crippen LogP contribution in [0.2, 0.25) is 0 Å². The molecule has 0 spiro atoms. The molecule has 0 aliphatic rings. The van der Waals surface area contributed by atoms with Crippen LogP contribution in [0.15, 0.2) is 33.2 Å². The lowest BCUT2D eigenvalue weighted by Gasteiger charge is -2.07. The summed E-state index contributed by atoms with van der Waals surface area (Å²) in [7, 11) is 0. The second-order valence-electron chi connectivity index (χ2n) is 3.90. The average Bonchev–Trinajstić information content (AvgIpc) is 2.80. The molecule has 1 N–H and O–H groups in total. The Balaban J connectivity index is 2.03. The van der Waals surface area contributed by atoms with Gasteiger partial charge in [0.25, 0.3) is 0 Å². The molecule has 0 saturated heterocycles. The third-order valence-electron chi connectivity index (χ3n) is 2.47. The molecule has 2 nitrogen and oxygen atoms in total. The maximum absolute atomic E-state index is 13.6. The lowest BCUT2D eigenvalue weighted by molar-refractivity contribution is 0.487. The Hall–Kier alpha value is -1.01. The first-order valence-electron chi connectivity index (χ1n) is 5.55. The number of furan rings is 1. The molecule has 0 unspecified atom stereocenters. The van der Waals surface area contributed by atoms with Crippen LogP contribution >= 0.6 is 27.7 Å². The lowest BCUT2D eigenvalue weighted by Crippen LogP contribution is -2.01. The summed E-state index contributed by atoms with van der Waals surface area (Å²) >= 11 is 4.59. The van der Waals surface area contributed by atoms with Gasteiger partial charge in [-0.15, -0.1) is 0 Å². The highest BCUT2D eigenvalue weighted by Gasteiger charge is 2.09. The largest absolute Gasteiger partial charge is 0.463 e. The maximum atomic E-state index is 13.6. The Morgan fingerprint density at radius 3 is 2.68 bits per heavy atom. The molecule has 0 aliphatic heterocycles. The van der Waals surface area contributed by atoms with Crippen molar-refractivity contribution in [2.75, 3.05) is 11.6 Å². The number of hydrogen-bond acceptors (Lipinski definition) is 3. The van der Waals surface area contributed by atoms with E-state index < -0.39 is 11.6 Å². The van der Waals surface area contributed by atoms with Crippen molar-refractivity contribution in [1.29, 1.82) is 0 Å². The zero-order valence-electron chi connectivity index (χ0n) is 10.2. The van der Waals surface area contributed by atoms with E-state index >= 15 is 0 Å². The van der Waals surface area contributed by atoms with Crippen molar-refractivity contribution in [2.45, 2.75) is 12.3 Å². The first-order valence-corrected chi connectivity index (χ1v) is 7.74. The molecule has 0 radical (unpaired) electrons. The molecule has 1 aromatic carbocycles. The van der Waals surface area contributed by atoms with Crippen LogP contribution in [0.25, 0.3) is 0 Å². The molecule has 2 aromatic rings. The van der Waals surface area contributed by atoms with Crippen LogP contribution in [-0.2, 0) is 12.3 Å². The van der Waals surface area contributed by atoms with E-state index in [9.17, 15) is 8.78 Å². The van der Waals surface area contributed by atoms with Crippen molar-refractivity contribution < 1.29 is 13.2 Å². The monoisotopic (exact) mass is 347 g/mol. The van der Waals surface area contributed by atoms with Crippen LogP contribution in [0.5, 0.6) is 0 Å². The minimum atomic E-state index is -0.510. The van der Waals surface area contributed by atoms with E-state index in [0.717, 1.165) is 23.6 Å². The number of thioether (sulfide) groups is 1. The first-order chi connectivity index (χ1) is 9.10. The Bertz CT molecular complexity index is 574. The van der Waals surface area contributed by atoms with Gasteiger partial charge in [-0.1, -0.05) is 0 Å². The van der Waals surface area contributed by atoms with Gasteiger partial charge in [0, 0.05) is 6.07 Å². The number of benzene rings is 1. The molecule has 0 amide bonds. The summed E-state index contributed by atoms with van der Waals surface area (Å²) < 4.78 is 32.5. The summed E-state index contributed by atoms with van der Waals surface area (Å²) in [6.45, 7) is 0.312. The topological polar surface area (TPSA) is 25.2 Å². The highest BCUT2D eigenvalue weighted by molar-refractivity contribution is 9.10. The van der Waals surface area contributed by atoms with Gasteiger partial charge in [-0.05, 0) is 40.4 Å². The van der Waals surface area contributed by atoms with E-state index in [2.05, 4.69) is 21.2 Å². The van der Waals surface area contributed by atoms with Gasteiger partial charge in [0.15, 0.2) is 0 Å². The predicted molar refractivity (Wildman–Crippen MR) is 77.3 cm³/mol. The molecule has 2 rings (SSSR count). The summed E-state index contributed by atoms with van der Waals surface area (Å²) in [5.74, 6) is 1.33. The minimum Gasteiger partial charge on any atom is -0.463 e. The molecule has 0 aliphatic carbocycles. The number of hydrogen-bond donors (Lipinski definition) is 1. The third-order valence-corrected chi connectivity index (χ3v) is 3.65. The normalized spacial score (nSPS) is 10.7. The quantitative estimate of drug-likeness (QED) is 0.786. The number of nitrogens with one attached hydrogen (secondary N) is 1. The van der Waals surface area contributed by atoms with Gasteiger partial charge in [0.1, 0.15) is 23.2 Å². The van der Waals surface area contributed by atoms with Crippen molar-refractivity contribution in [3.8, 4) is 0 Å². The zero-order chi connectivity index (χ0) is 13.8. The second-order valence-corrected chi connectivity index (χ2v) is 5.62. The van der Waals surface area contributed by atoms with E-state index in [1.807, 2.05) is 18.4 Å². The molecule has 0 bridgehead atoms. The van der Waals surface area contributed by atoms with E-state index in [0.29, 0.717) is 12.3 Å². The highest BCUT2D eigenvalue weighted by Crippen LogP contribution is 2.24. The Labute approximate surface area is 122 Å². The van der Waals surface area contributed by atoms with Gasteiger partial charge in [-0.2, -0.15) is 11.8 Å². The van der Waals surface area contributed by atoms with Gasteiger partial charge in [0.05, 0.1) is 22.5 Å². The van der Waals surface area contributed by atoms with Crippen LogP contribution in [-0.4, -0.2) is 6.26 Å². The average molecular weight is 348 g/mol. The van der Waals surface area contributed by atoms with E-state index in [1.54, 1.807) is 11.8 Å². The molecular formula is C13H12BrF2NOS. The van der Waals surface area contributed by atoms with Crippen molar-refractivity contribution >= 4 is 33.4 Å². The fourth-order valence-electron chi connectivity index (χ4n) is 1.58. The molecule has 0 fully saturated rings. The molecule has 19 heavy (non-hydrogen) atoms. The lowest BCUT2D eigenvalue weighted by atomic mass is 10.3. The first kappa shape index (κ1) is 14.4. The van der Waals surface area contributed by atoms with Crippen molar-refractivity contribution in [2.24, 2.45) is 0 Å². The predicted octanol–water partition coefficient (Wildman–Crippen LogP) is 4.80. The van der Waals surface area contributed by atoms with Crippen molar-refractivity contribution in [3.63, 3.8) is 0 Å². The summed E-state index contributed by atoms with van der Waals surface area (Å²) in [6, 6.07) is 5.92. The number of halogens is 3. The smallest absolute Gasteiger partial charge is 0.147 e. The van der Waals surface area contributed by atoms with Crippen molar-refractivity contribution in [3.05, 3.63) is 51.9 Å². The van der Waals surface area contributed by atoms with Gasteiger partial charge < -0.3 is 9.73 Å². The van der Waals surface area contributed by atoms with E-state index in [1.165, 1.54) is 0 Å². The zero-order valence-corrected chi connectivity index (χ0v) is 12.6. The Morgan fingerprint density at radius 1 is 1.21 bits per heavy atom. The van der Waals surface area contributed by atoms with E-state index in [4.69, 9.17) is 4.42 Å². The van der Waals surface area contributed by atoms with Crippen LogP contribution in [0, 0.1) is 11.6 Å². The molecule has 0 saturated carbocycles. The Kier molecular flexibility index (Phi) is 4.87. The fraction of sp³-hybridized carbons (Fsp3) is 0.231. The second kappa shape index (κ2) is 6.43. The van der Waals surface area contributed by atoms with Crippen LogP contribution in [0.3, 0.4) is 0 Å². The summed E-state index contributed by atoms with van der Waals surface area (Å²) in [4.78, 5) is 0. The summed E-state index contributed by atoms with van der Waals surface area (Å²) in [5, 5.41) is 2.82. The minimum absolute atomic E-state index is 0.107. The molecule has 1 heterocycles. The van der Waals surface area contributed by atoms with Gasteiger partial charge in [0.2, 0.25) is 0 Å². The molecule has 6 heteroatoms. The van der Waals surface area contributed by atoms with E-state index in [-0.39, 0.29) is 10.2 Å². The maximum Gasteiger partial charge on any atom is 0.147 e. The number of anilines is 1. The Morgan fingerprint density at radius 2 is 1.95 bits per heavy atom.